The number of amides is 1. The third-order valence-corrected chi connectivity index (χ3v) is 4.84. The third kappa shape index (κ3) is 2.52. The molecule has 5 heteroatoms. The average molecular weight is 333 g/mol. The molecule has 1 aliphatic rings. The molecule has 2 aromatic heterocycles. The summed E-state index contributed by atoms with van der Waals surface area (Å²) in [5.74, 6) is 0.856. The molecule has 0 saturated heterocycles. The van der Waals surface area contributed by atoms with Crippen molar-refractivity contribution in [3.05, 3.63) is 70.7 Å². The molecular formula is C20H19N3O2. The molecular weight excluding hydrogens is 314 g/mol. The highest BCUT2D eigenvalue weighted by Gasteiger charge is 2.32. The maximum Gasteiger partial charge on any atom is 0.227 e. The Morgan fingerprint density at radius 2 is 1.96 bits per heavy atom. The van der Waals surface area contributed by atoms with E-state index < -0.39 is 0 Å². The van der Waals surface area contributed by atoms with Crippen LogP contribution < -0.4 is 0 Å². The Hall–Kier alpha value is -2.95. The smallest absolute Gasteiger partial charge is 0.227 e. The Morgan fingerprint density at radius 1 is 1.20 bits per heavy atom. The van der Waals surface area contributed by atoms with Crippen LogP contribution in [0.3, 0.4) is 0 Å². The van der Waals surface area contributed by atoms with E-state index in [1.54, 1.807) is 0 Å². The summed E-state index contributed by atoms with van der Waals surface area (Å²) in [6.07, 6.45) is 2.20. The number of rotatable bonds is 2. The Labute approximate surface area is 146 Å². The largest absolute Gasteiger partial charge is 0.361 e. The normalized spacial score (nSPS) is 16.8. The van der Waals surface area contributed by atoms with Gasteiger partial charge in [-0.2, -0.15) is 0 Å². The van der Waals surface area contributed by atoms with E-state index in [1.807, 2.05) is 50.2 Å². The minimum absolute atomic E-state index is 0.105. The zero-order chi connectivity index (χ0) is 17.6. The molecule has 3 aromatic rings. The van der Waals surface area contributed by atoms with Gasteiger partial charge in [0.2, 0.25) is 5.91 Å². The number of fused-ring (bicyclic) bond motifs is 1. The second-order valence-electron chi connectivity index (χ2n) is 6.46. The lowest BCUT2D eigenvalue weighted by Crippen LogP contribution is -2.37. The standard InChI is InChI=1S/C20H19N3O2/c1-12-19(13(2)25-22-12)17-10-16-15(11-21-17)9-18(24)23(3)20(16)14-7-5-4-6-8-14/h4-8,10-11,20H,9H2,1-3H3. The Bertz CT molecular complexity index is 927. The third-order valence-electron chi connectivity index (χ3n) is 4.84. The zero-order valence-corrected chi connectivity index (χ0v) is 14.5. The fourth-order valence-electron chi connectivity index (χ4n) is 3.57. The van der Waals surface area contributed by atoms with Crippen LogP contribution in [-0.2, 0) is 11.2 Å². The van der Waals surface area contributed by atoms with Crippen LogP contribution in [0.4, 0.5) is 0 Å². The van der Waals surface area contributed by atoms with Gasteiger partial charge in [-0.15, -0.1) is 0 Å². The number of aromatic nitrogens is 2. The fourth-order valence-corrected chi connectivity index (χ4v) is 3.57. The van der Waals surface area contributed by atoms with Gasteiger partial charge in [0, 0.05) is 13.2 Å². The lowest BCUT2D eigenvalue weighted by Gasteiger charge is -2.35. The summed E-state index contributed by atoms with van der Waals surface area (Å²) in [6, 6.07) is 12.1. The molecule has 1 amide bonds. The number of carbonyl (C=O) groups excluding carboxylic acids is 1. The van der Waals surface area contributed by atoms with Crippen molar-refractivity contribution in [1.29, 1.82) is 0 Å². The van der Waals surface area contributed by atoms with Gasteiger partial charge in [0.05, 0.1) is 29.4 Å². The summed E-state index contributed by atoms with van der Waals surface area (Å²) in [5.41, 5.74) is 5.76. The number of benzene rings is 1. The van der Waals surface area contributed by atoms with E-state index in [0.29, 0.717) is 6.42 Å². The van der Waals surface area contributed by atoms with Gasteiger partial charge in [-0.3, -0.25) is 9.78 Å². The summed E-state index contributed by atoms with van der Waals surface area (Å²) in [4.78, 5) is 18.8. The van der Waals surface area contributed by atoms with E-state index in [4.69, 9.17) is 4.52 Å². The van der Waals surface area contributed by atoms with Gasteiger partial charge in [-0.1, -0.05) is 35.5 Å². The van der Waals surface area contributed by atoms with Crippen LogP contribution in [-0.4, -0.2) is 28.0 Å². The van der Waals surface area contributed by atoms with Crippen LogP contribution in [0.5, 0.6) is 0 Å². The molecule has 1 aliphatic heterocycles. The van der Waals surface area contributed by atoms with Crippen molar-refractivity contribution in [2.75, 3.05) is 7.05 Å². The van der Waals surface area contributed by atoms with Gasteiger partial charge in [-0.25, -0.2) is 0 Å². The van der Waals surface area contributed by atoms with Crippen LogP contribution in [0.25, 0.3) is 11.3 Å². The molecule has 5 nitrogen and oxygen atoms in total. The molecule has 3 heterocycles. The molecule has 0 saturated carbocycles. The van der Waals surface area contributed by atoms with Crippen LogP contribution in [0.2, 0.25) is 0 Å². The maximum atomic E-state index is 12.4. The Balaban J connectivity index is 1.90. The quantitative estimate of drug-likeness (QED) is 0.720. The first-order valence-electron chi connectivity index (χ1n) is 8.29. The van der Waals surface area contributed by atoms with Crippen molar-refractivity contribution in [3.8, 4) is 11.3 Å². The molecule has 4 rings (SSSR count). The highest BCUT2D eigenvalue weighted by molar-refractivity contribution is 5.82. The van der Waals surface area contributed by atoms with Gasteiger partial charge in [0.1, 0.15) is 5.76 Å². The van der Waals surface area contributed by atoms with Crippen molar-refractivity contribution >= 4 is 5.91 Å². The summed E-state index contributed by atoms with van der Waals surface area (Å²) < 4.78 is 5.29. The lowest BCUT2D eigenvalue weighted by molar-refractivity contribution is -0.131. The van der Waals surface area contributed by atoms with Gasteiger partial charge in [0.25, 0.3) is 0 Å². The van der Waals surface area contributed by atoms with Crippen LogP contribution in [0.1, 0.15) is 34.2 Å². The number of pyridine rings is 1. The summed E-state index contributed by atoms with van der Waals surface area (Å²) >= 11 is 0. The van der Waals surface area contributed by atoms with Crippen LogP contribution in [0, 0.1) is 13.8 Å². The molecule has 0 fully saturated rings. The molecule has 0 radical (unpaired) electrons. The number of carbonyl (C=O) groups is 1. The number of likely N-dealkylation sites (N-methyl/N-ethyl adjacent to an activating group) is 1. The minimum Gasteiger partial charge on any atom is -0.361 e. The second-order valence-corrected chi connectivity index (χ2v) is 6.46. The number of hydrogen-bond donors (Lipinski definition) is 0. The molecule has 126 valence electrons. The monoisotopic (exact) mass is 333 g/mol. The van der Waals surface area contributed by atoms with E-state index in [1.165, 1.54) is 0 Å². The SMILES string of the molecule is Cc1noc(C)c1-c1cc2c(cn1)CC(=O)N(C)C2c1ccccc1. The first-order chi connectivity index (χ1) is 12.1. The van der Waals surface area contributed by atoms with Gasteiger partial charge in [0.15, 0.2) is 0 Å². The molecule has 1 atom stereocenters. The van der Waals surface area contributed by atoms with E-state index in [0.717, 1.165) is 39.4 Å². The van der Waals surface area contributed by atoms with Gasteiger partial charge in [-0.05, 0) is 36.6 Å². The van der Waals surface area contributed by atoms with Crippen molar-refractivity contribution in [2.45, 2.75) is 26.3 Å². The molecule has 0 N–H and O–H groups in total. The molecule has 25 heavy (non-hydrogen) atoms. The van der Waals surface area contributed by atoms with Gasteiger partial charge < -0.3 is 9.42 Å². The topological polar surface area (TPSA) is 59.2 Å². The predicted octanol–water partition coefficient (Wildman–Crippen LogP) is 3.46. The first kappa shape index (κ1) is 15.6. The zero-order valence-electron chi connectivity index (χ0n) is 14.5. The predicted molar refractivity (Wildman–Crippen MR) is 94.0 cm³/mol. The lowest BCUT2D eigenvalue weighted by atomic mass is 9.88. The van der Waals surface area contributed by atoms with Crippen molar-refractivity contribution in [3.63, 3.8) is 0 Å². The van der Waals surface area contributed by atoms with Crippen LogP contribution >= 0.6 is 0 Å². The van der Waals surface area contributed by atoms with E-state index in [9.17, 15) is 4.79 Å². The van der Waals surface area contributed by atoms with Crippen molar-refractivity contribution < 1.29 is 9.32 Å². The summed E-state index contributed by atoms with van der Waals surface area (Å²) in [7, 11) is 1.86. The fraction of sp³-hybridized carbons (Fsp3) is 0.250. The highest BCUT2D eigenvalue weighted by Crippen LogP contribution is 2.37. The molecule has 0 bridgehead atoms. The molecule has 1 aromatic carbocycles. The van der Waals surface area contributed by atoms with E-state index in [2.05, 4.69) is 28.3 Å². The van der Waals surface area contributed by atoms with Crippen molar-refractivity contribution in [1.82, 2.24) is 15.0 Å². The van der Waals surface area contributed by atoms with E-state index in [-0.39, 0.29) is 11.9 Å². The van der Waals surface area contributed by atoms with Gasteiger partial charge >= 0.3 is 0 Å². The molecule has 1 unspecified atom stereocenters. The van der Waals surface area contributed by atoms with E-state index >= 15 is 0 Å². The Morgan fingerprint density at radius 3 is 2.64 bits per heavy atom. The number of aryl methyl sites for hydroxylation is 2. The van der Waals surface area contributed by atoms with Crippen molar-refractivity contribution in [2.24, 2.45) is 0 Å². The number of nitrogens with zero attached hydrogens (tertiary/aromatic N) is 3. The van der Waals surface area contributed by atoms with Crippen LogP contribution in [0.15, 0.2) is 47.1 Å². The minimum atomic E-state index is -0.111. The second kappa shape index (κ2) is 5.84. The molecule has 0 spiro atoms. The summed E-state index contributed by atoms with van der Waals surface area (Å²) in [5, 5.41) is 4.03. The maximum absolute atomic E-state index is 12.4. The molecule has 0 aliphatic carbocycles. The summed E-state index contributed by atoms with van der Waals surface area (Å²) in [6.45, 7) is 3.80. The highest BCUT2D eigenvalue weighted by atomic mass is 16.5. The average Bonchev–Trinajstić information content (AvgIpc) is 2.95. The number of hydrogen-bond acceptors (Lipinski definition) is 4. The Kier molecular flexibility index (Phi) is 3.64. The first-order valence-corrected chi connectivity index (χ1v) is 8.29.